The Hall–Kier alpha value is -3.34. The van der Waals surface area contributed by atoms with Gasteiger partial charge in [-0.2, -0.15) is 0 Å². The number of phenolic OH excluding ortho intramolecular Hbond substituents is 1. The van der Waals surface area contributed by atoms with E-state index in [-0.39, 0.29) is 18.1 Å². The van der Waals surface area contributed by atoms with Crippen molar-refractivity contribution in [2.75, 3.05) is 6.61 Å². The van der Waals surface area contributed by atoms with Gasteiger partial charge in [0, 0.05) is 27.7 Å². The number of para-hydroxylation sites is 1. The Labute approximate surface area is 184 Å². The minimum Gasteiger partial charge on any atom is -0.504 e. The number of carbonyl (C=O) groups is 4. The first-order valence-electron chi connectivity index (χ1n) is 9.75. The van der Waals surface area contributed by atoms with Crippen LogP contribution in [0.3, 0.4) is 0 Å². The maximum atomic E-state index is 11.8. The van der Waals surface area contributed by atoms with Crippen LogP contribution in [0.25, 0.3) is 0 Å². The lowest BCUT2D eigenvalue weighted by Gasteiger charge is -2.43. The summed E-state index contributed by atoms with van der Waals surface area (Å²) in [6.45, 7) is 5.81. The van der Waals surface area contributed by atoms with Gasteiger partial charge in [0.05, 0.1) is 0 Å². The molecule has 0 bridgehead atoms. The Balaban J connectivity index is 2.49. The highest BCUT2D eigenvalue weighted by atomic mass is 16.7. The summed E-state index contributed by atoms with van der Waals surface area (Å²) in [5.74, 6) is -3.05. The second kappa shape index (κ2) is 10.8. The molecule has 1 aliphatic heterocycles. The maximum Gasteiger partial charge on any atom is 0.303 e. The van der Waals surface area contributed by atoms with Crippen molar-refractivity contribution in [2.24, 2.45) is 0 Å². The quantitative estimate of drug-likeness (QED) is 0.468. The van der Waals surface area contributed by atoms with E-state index in [1.165, 1.54) is 13.0 Å². The zero-order valence-corrected chi connectivity index (χ0v) is 18.4. The van der Waals surface area contributed by atoms with E-state index < -0.39 is 54.6 Å². The van der Waals surface area contributed by atoms with Gasteiger partial charge in [-0.25, -0.2) is 0 Å². The van der Waals surface area contributed by atoms with Gasteiger partial charge in [0.2, 0.25) is 12.4 Å². The van der Waals surface area contributed by atoms with E-state index >= 15 is 0 Å². The first-order valence-corrected chi connectivity index (χ1v) is 9.75. The molecule has 1 fully saturated rings. The fraction of sp³-hybridized carbons (Fsp3) is 0.524. The molecule has 176 valence electrons. The predicted octanol–water partition coefficient (Wildman–Crippen LogP) is 1.16. The Bertz CT molecular complexity index is 865. The second-order valence-corrected chi connectivity index (χ2v) is 7.11. The molecule has 2 rings (SSSR count). The molecule has 11 nitrogen and oxygen atoms in total. The van der Waals surface area contributed by atoms with Gasteiger partial charge >= 0.3 is 23.9 Å². The third-order valence-corrected chi connectivity index (χ3v) is 4.39. The van der Waals surface area contributed by atoms with Crippen molar-refractivity contribution in [3.63, 3.8) is 0 Å². The number of phenols is 1. The molecule has 0 spiro atoms. The number of benzene rings is 1. The number of carbonyl (C=O) groups excluding carboxylic acids is 4. The van der Waals surface area contributed by atoms with E-state index in [1.807, 2.05) is 0 Å². The van der Waals surface area contributed by atoms with Crippen molar-refractivity contribution in [2.45, 2.75) is 65.3 Å². The van der Waals surface area contributed by atoms with Gasteiger partial charge in [0.1, 0.15) is 12.7 Å². The molecule has 1 heterocycles. The zero-order chi connectivity index (χ0) is 24.0. The fourth-order valence-corrected chi connectivity index (χ4v) is 3.14. The number of aromatic hydroxyl groups is 1. The lowest BCUT2D eigenvalue weighted by Crippen LogP contribution is -2.63. The molecule has 0 unspecified atom stereocenters. The lowest BCUT2D eigenvalue weighted by molar-refractivity contribution is -0.288. The topological polar surface area (TPSA) is 144 Å². The monoisotopic (exact) mass is 454 g/mol. The molecule has 0 amide bonds. The molecule has 0 radical (unpaired) electrons. The van der Waals surface area contributed by atoms with Gasteiger partial charge in [0.25, 0.3) is 0 Å². The van der Waals surface area contributed by atoms with Crippen LogP contribution in [-0.4, -0.2) is 66.3 Å². The van der Waals surface area contributed by atoms with Gasteiger partial charge in [-0.1, -0.05) is 12.1 Å². The van der Waals surface area contributed by atoms with Crippen LogP contribution in [-0.2, 0) is 42.9 Å². The summed E-state index contributed by atoms with van der Waals surface area (Å²) >= 11 is 0. The summed E-state index contributed by atoms with van der Waals surface area (Å²) in [7, 11) is 0. The van der Waals surface area contributed by atoms with Crippen molar-refractivity contribution in [3.8, 4) is 11.5 Å². The normalized spacial score (nSPS) is 24.7. The number of aryl methyl sites for hydroxylation is 1. The third-order valence-electron chi connectivity index (χ3n) is 4.39. The minimum absolute atomic E-state index is 0.00546. The van der Waals surface area contributed by atoms with Gasteiger partial charge in [-0.05, 0) is 18.6 Å². The first kappa shape index (κ1) is 24.9. The standard InChI is InChI=1S/C21H26O11/c1-10-7-6-8-15(17(10)26)31-21-20(30-14(5)25)19(29-13(4)24)18(28-12(3)23)16(32-21)9-27-11(2)22/h6-8,16,18-21,26H,9H2,1-5H3/t16-,18-,19+,20+,21+/m1/s1. The van der Waals surface area contributed by atoms with Crippen LogP contribution in [0.4, 0.5) is 0 Å². The van der Waals surface area contributed by atoms with Crippen LogP contribution in [0.1, 0.15) is 33.3 Å². The molecule has 1 N–H and O–H groups in total. The second-order valence-electron chi connectivity index (χ2n) is 7.11. The summed E-state index contributed by atoms with van der Waals surface area (Å²) < 4.78 is 32.5. The van der Waals surface area contributed by atoms with Gasteiger partial charge in [-0.3, -0.25) is 19.2 Å². The van der Waals surface area contributed by atoms with Crippen LogP contribution < -0.4 is 4.74 Å². The van der Waals surface area contributed by atoms with E-state index in [9.17, 15) is 24.3 Å². The minimum atomic E-state index is -1.41. The zero-order valence-electron chi connectivity index (χ0n) is 18.4. The van der Waals surface area contributed by atoms with Crippen molar-refractivity contribution >= 4 is 23.9 Å². The first-order chi connectivity index (χ1) is 15.0. The van der Waals surface area contributed by atoms with E-state index in [4.69, 9.17) is 28.4 Å². The average molecular weight is 454 g/mol. The molecule has 0 aromatic heterocycles. The van der Waals surface area contributed by atoms with E-state index in [0.29, 0.717) is 5.56 Å². The molecule has 1 aromatic rings. The third kappa shape index (κ3) is 6.58. The Morgan fingerprint density at radius 1 is 0.875 bits per heavy atom. The molecule has 11 heteroatoms. The van der Waals surface area contributed by atoms with Crippen LogP contribution >= 0.6 is 0 Å². The van der Waals surface area contributed by atoms with Crippen molar-refractivity contribution < 1.29 is 52.7 Å². The number of rotatable bonds is 7. The SMILES string of the molecule is CC(=O)OC[C@H]1O[C@H](Oc2cccc(C)c2O)[C@@H](OC(C)=O)[C@@H](OC(C)=O)[C@@H]1OC(C)=O. The molecular weight excluding hydrogens is 428 g/mol. The summed E-state index contributed by atoms with van der Waals surface area (Å²) in [5.41, 5.74) is 0.508. The van der Waals surface area contributed by atoms with Gasteiger partial charge in [-0.15, -0.1) is 0 Å². The molecule has 1 aliphatic rings. The highest BCUT2D eigenvalue weighted by molar-refractivity contribution is 5.68. The maximum absolute atomic E-state index is 11.8. The molecule has 32 heavy (non-hydrogen) atoms. The molecular formula is C21H26O11. The summed E-state index contributed by atoms with van der Waals surface area (Å²) in [6.07, 6.45) is -6.58. The number of hydrogen-bond acceptors (Lipinski definition) is 11. The molecule has 5 atom stereocenters. The summed E-state index contributed by atoms with van der Waals surface area (Å²) in [6, 6.07) is 4.72. The number of esters is 4. The predicted molar refractivity (Wildman–Crippen MR) is 105 cm³/mol. The lowest BCUT2D eigenvalue weighted by atomic mass is 9.98. The average Bonchev–Trinajstić information content (AvgIpc) is 2.67. The molecule has 0 aliphatic carbocycles. The van der Waals surface area contributed by atoms with Crippen LogP contribution in [0.2, 0.25) is 0 Å². The van der Waals surface area contributed by atoms with Crippen LogP contribution in [0.5, 0.6) is 11.5 Å². The number of hydrogen-bond donors (Lipinski definition) is 1. The summed E-state index contributed by atoms with van der Waals surface area (Å²) in [5, 5.41) is 10.3. The van der Waals surface area contributed by atoms with Crippen LogP contribution in [0.15, 0.2) is 18.2 Å². The molecule has 1 saturated heterocycles. The van der Waals surface area contributed by atoms with Crippen molar-refractivity contribution in [1.29, 1.82) is 0 Å². The molecule has 0 saturated carbocycles. The number of ether oxygens (including phenoxy) is 6. The summed E-state index contributed by atoms with van der Waals surface area (Å²) in [4.78, 5) is 46.6. The highest BCUT2D eigenvalue weighted by Gasteiger charge is 2.53. The Morgan fingerprint density at radius 2 is 1.44 bits per heavy atom. The fourth-order valence-electron chi connectivity index (χ4n) is 3.14. The van der Waals surface area contributed by atoms with E-state index in [2.05, 4.69) is 0 Å². The Morgan fingerprint density at radius 3 is 2.00 bits per heavy atom. The van der Waals surface area contributed by atoms with E-state index in [1.54, 1.807) is 19.1 Å². The smallest absolute Gasteiger partial charge is 0.303 e. The molecule has 1 aromatic carbocycles. The van der Waals surface area contributed by atoms with Crippen molar-refractivity contribution in [3.05, 3.63) is 23.8 Å². The largest absolute Gasteiger partial charge is 0.504 e. The Kier molecular flexibility index (Phi) is 8.41. The van der Waals surface area contributed by atoms with Gasteiger partial charge in [0.15, 0.2) is 23.7 Å². The highest BCUT2D eigenvalue weighted by Crippen LogP contribution is 2.35. The van der Waals surface area contributed by atoms with Gasteiger partial charge < -0.3 is 33.5 Å². The van der Waals surface area contributed by atoms with E-state index in [0.717, 1.165) is 20.8 Å². The van der Waals surface area contributed by atoms with Crippen LogP contribution in [0, 0.1) is 6.92 Å². The van der Waals surface area contributed by atoms with Crippen molar-refractivity contribution in [1.82, 2.24) is 0 Å².